The molecule has 3 rings (SSSR count). The molecule has 2 N–H and O–H groups in total. The van der Waals surface area contributed by atoms with Gasteiger partial charge in [0.05, 0.1) is 24.2 Å². The van der Waals surface area contributed by atoms with Gasteiger partial charge in [0, 0.05) is 25.2 Å². The molecule has 1 saturated heterocycles. The van der Waals surface area contributed by atoms with Crippen molar-refractivity contribution in [1.29, 1.82) is 0 Å². The molecule has 1 aromatic carbocycles. The van der Waals surface area contributed by atoms with Gasteiger partial charge >= 0.3 is 0 Å². The maximum absolute atomic E-state index is 13.0. The second kappa shape index (κ2) is 7.37. The Morgan fingerprint density at radius 2 is 2.12 bits per heavy atom. The molecule has 5 nitrogen and oxygen atoms in total. The Kier molecular flexibility index (Phi) is 5.20. The van der Waals surface area contributed by atoms with Crippen LogP contribution in [0.25, 0.3) is 0 Å². The van der Waals surface area contributed by atoms with E-state index in [4.69, 9.17) is 4.42 Å². The first-order valence-corrected chi connectivity index (χ1v) is 8.43. The Morgan fingerprint density at radius 1 is 1.36 bits per heavy atom. The van der Waals surface area contributed by atoms with Gasteiger partial charge in [0.2, 0.25) is 5.91 Å². The van der Waals surface area contributed by atoms with E-state index in [2.05, 4.69) is 5.32 Å². The van der Waals surface area contributed by atoms with E-state index in [1.165, 1.54) is 12.1 Å². The fourth-order valence-corrected chi connectivity index (χ4v) is 3.25. The molecule has 1 aliphatic rings. The third-order valence-electron chi connectivity index (χ3n) is 4.59. The minimum atomic E-state index is -0.808. The number of aliphatic hydroxyl groups is 1. The van der Waals surface area contributed by atoms with Crippen LogP contribution in [0.2, 0.25) is 0 Å². The summed E-state index contributed by atoms with van der Waals surface area (Å²) < 4.78 is 18.1. The lowest BCUT2D eigenvalue weighted by Crippen LogP contribution is -2.56. The Balaban J connectivity index is 1.64. The summed E-state index contributed by atoms with van der Waals surface area (Å²) in [5.41, 5.74) is 1.00. The van der Waals surface area contributed by atoms with Crippen LogP contribution < -0.4 is 5.32 Å². The highest BCUT2D eigenvalue weighted by molar-refractivity contribution is 5.81. The van der Waals surface area contributed by atoms with E-state index in [0.29, 0.717) is 32.5 Å². The van der Waals surface area contributed by atoms with E-state index >= 15 is 0 Å². The van der Waals surface area contributed by atoms with E-state index in [0.717, 1.165) is 11.1 Å². The van der Waals surface area contributed by atoms with Gasteiger partial charge in [-0.05, 0) is 43.5 Å². The second-order valence-electron chi connectivity index (χ2n) is 6.93. The first-order valence-electron chi connectivity index (χ1n) is 8.43. The molecule has 2 heterocycles. The highest BCUT2D eigenvalue weighted by atomic mass is 19.1. The van der Waals surface area contributed by atoms with E-state index in [-0.39, 0.29) is 17.8 Å². The van der Waals surface area contributed by atoms with Gasteiger partial charge in [0.1, 0.15) is 5.82 Å². The SMILES string of the molecule is C[C@]1(O)CC[C@@H](C(=O)NCc2ccc(F)cc2)N(Cc2ccoc2)C1. The number of nitrogens with one attached hydrogen (secondary N) is 1. The van der Waals surface area contributed by atoms with Crippen molar-refractivity contribution in [3.05, 3.63) is 59.8 Å². The van der Waals surface area contributed by atoms with Crippen LogP contribution in [0.5, 0.6) is 0 Å². The van der Waals surface area contributed by atoms with Crippen molar-refractivity contribution in [3.63, 3.8) is 0 Å². The number of piperidine rings is 1. The number of likely N-dealkylation sites (tertiary alicyclic amines) is 1. The summed E-state index contributed by atoms with van der Waals surface area (Å²) >= 11 is 0. The maximum atomic E-state index is 13.0. The minimum absolute atomic E-state index is 0.0803. The summed E-state index contributed by atoms with van der Waals surface area (Å²) in [5, 5.41) is 13.3. The van der Waals surface area contributed by atoms with E-state index < -0.39 is 5.60 Å². The number of hydrogen-bond donors (Lipinski definition) is 2. The number of benzene rings is 1. The Hall–Kier alpha value is -2.18. The summed E-state index contributed by atoms with van der Waals surface area (Å²) in [6.45, 7) is 3.11. The molecule has 0 unspecified atom stereocenters. The zero-order valence-corrected chi connectivity index (χ0v) is 14.2. The van der Waals surface area contributed by atoms with Crippen LogP contribution in [-0.2, 0) is 17.9 Å². The normalized spacial score (nSPS) is 24.2. The molecule has 1 amide bonds. The second-order valence-corrected chi connectivity index (χ2v) is 6.93. The zero-order chi connectivity index (χ0) is 17.9. The number of furan rings is 1. The predicted octanol–water partition coefficient (Wildman–Crippen LogP) is 2.45. The lowest BCUT2D eigenvalue weighted by molar-refractivity contribution is -0.132. The number of rotatable bonds is 5. The fourth-order valence-electron chi connectivity index (χ4n) is 3.25. The quantitative estimate of drug-likeness (QED) is 0.873. The standard InChI is InChI=1S/C19H23FN2O3/c1-19(24)8-6-17(22(13-19)11-15-7-9-25-12-15)18(23)21-10-14-2-4-16(20)5-3-14/h2-5,7,9,12,17,24H,6,8,10-11,13H2,1H3,(H,21,23)/t17-,19-/m0/s1. The summed E-state index contributed by atoms with van der Waals surface area (Å²) in [6.07, 6.45) is 4.40. The summed E-state index contributed by atoms with van der Waals surface area (Å²) in [6, 6.07) is 7.62. The van der Waals surface area contributed by atoms with Crippen LogP contribution in [-0.4, -0.2) is 34.1 Å². The number of nitrogens with zero attached hydrogens (tertiary/aromatic N) is 1. The maximum Gasteiger partial charge on any atom is 0.237 e. The number of amides is 1. The van der Waals surface area contributed by atoms with Crippen molar-refractivity contribution in [2.75, 3.05) is 6.54 Å². The van der Waals surface area contributed by atoms with E-state index in [9.17, 15) is 14.3 Å². The molecule has 1 aromatic heterocycles. The molecule has 2 aromatic rings. The lowest BCUT2D eigenvalue weighted by Gasteiger charge is -2.41. The van der Waals surface area contributed by atoms with Gasteiger partial charge in [-0.25, -0.2) is 4.39 Å². The lowest BCUT2D eigenvalue weighted by atomic mass is 9.89. The van der Waals surface area contributed by atoms with Crippen LogP contribution >= 0.6 is 0 Å². The van der Waals surface area contributed by atoms with Crippen LogP contribution in [0, 0.1) is 5.82 Å². The van der Waals surface area contributed by atoms with Crippen molar-refractivity contribution < 1.29 is 18.7 Å². The zero-order valence-electron chi connectivity index (χ0n) is 14.2. The molecule has 0 bridgehead atoms. The molecule has 1 aliphatic heterocycles. The van der Waals surface area contributed by atoms with Crippen molar-refractivity contribution in [1.82, 2.24) is 10.2 Å². The summed E-state index contributed by atoms with van der Waals surface area (Å²) in [4.78, 5) is 14.6. The first kappa shape index (κ1) is 17.6. The van der Waals surface area contributed by atoms with Gasteiger partial charge in [-0.2, -0.15) is 0 Å². The van der Waals surface area contributed by atoms with Gasteiger partial charge in [-0.3, -0.25) is 9.69 Å². The van der Waals surface area contributed by atoms with Gasteiger partial charge in [-0.1, -0.05) is 12.1 Å². The third-order valence-corrected chi connectivity index (χ3v) is 4.59. The number of hydrogen-bond acceptors (Lipinski definition) is 4. The van der Waals surface area contributed by atoms with Gasteiger partial charge in [0.25, 0.3) is 0 Å². The smallest absolute Gasteiger partial charge is 0.237 e. The summed E-state index contributed by atoms with van der Waals surface area (Å²) in [5.74, 6) is -0.376. The van der Waals surface area contributed by atoms with Crippen LogP contribution in [0.1, 0.15) is 30.9 Å². The molecular weight excluding hydrogens is 323 g/mol. The van der Waals surface area contributed by atoms with Crippen molar-refractivity contribution in [2.45, 2.75) is 44.5 Å². The molecule has 0 aliphatic carbocycles. The molecule has 134 valence electrons. The largest absolute Gasteiger partial charge is 0.472 e. The molecule has 0 radical (unpaired) electrons. The molecule has 0 spiro atoms. The fraction of sp³-hybridized carbons (Fsp3) is 0.421. The highest BCUT2D eigenvalue weighted by Gasteiger charge is 2.37. The van der Waals surface area contributed by atoms with Crippen LogP contribution in [0.4, 0.5) is 4.39 Å². The van der Waals surface area contributed by atoms with Crippen LogP contribution in [0.15, 0.2) is 47.3 Å². The number of β-amino-alcohol motifs (C(OH)–C–C–N with tert-alkyl or cyclic N) is 1. The molecular formula is C19H23FN2O3. The number of carbonyl (C=O) groups is 1. The van der Waals surface area contributed by atoms with Crippen molar-refractivity contribution >= 4 is 5.91 Å². The van der Waals surface area contributed by atoms with E-state index in [1.807, 2.05) is 11.0 Å². The summed E-state index contributed by atoms with van der Waals surface area (Å²) in [7, 11) is 0. The average Bonchev–Trinajstić information content (AvgIpc) is 3.06. The Morgan fingerprint density at radius 3 is 2.80 bits per heavy atom. The monoisotopic (exact) mass is 346 g/mol. The molecule has 6 heteroatoms. The average molecular weight is 346 g/mol. The topological polar surface area (TPSA) is 65.7 Å². The highest BCUT2D eigenvalue weighted by Crippen LogP contribution is 2.27. The Bertz CT molecular complexity index is 698. The number of carbonyl (C=O) groups excluding carboxylic acids is 1. The van der Waals surface area contributed by atoms with Crippen molar-refractivity contribution in [3.8, 4) is 0 Å². The third kappa shape index (κ3) is 4.67. The predicted molar refractivity (Wildman–Crippen MR) is 91.0 cm³/mol. The first-order chi connectivity index (χ1) is 11.9. The number of halogens is 1. The molecule has 2 atom stereocenters. The van der Waals surface area contributed by atoms with Gasteiger partial charge < -0.3 is 14.8 Å². The van der Waals surface area contributed by atoms with Gasteiger partial charge in [0.15, 0.2) is 0 Å². The minimum Gasteiger partial charge on any atom is -0.472 e. The molecule has 25 heavy (non-hydrogen) atoms. The molecule has 0 saturated carbocycles. The Labute approximate surface area is 146 Å². The van der Waals surface area contributed by atoms with E-state index in [1.54, 1.807) is 31.6 Å². The van der Waals surface area contributed by atoms with Gasteiger partial charge in [-0.15, -0.1) is 0 Å². The molecule has 1 fully saturated rings. The van der Waals surface area contributed by atoms with Crippen molar-refractivity contribution in [2.24, 2.45) is 0 Å². The van der Waals surface area contributed by atoms with Crippen LogP contribution in [0.3, 0.4) is 0 Å².